The van der Waals surface area contributed by atoms with Crippen molar-refractivity contribution >= 4 is 6.08 Å². The minimum Gasteiger partial charge on any atom is -0.381 e. The maximum atomic E-state index is 10.5. The monoisotopic (exact) mass is 226 g/mol. The molecule has 0 amide bonds. The summed E-state index contributed by atoms with van der Waals surface area (Å²) in [7, 11) is 0. The van der Waals surface area contributed by atoms with E-state index in [0.717, 1.165) is 25.9 Å². The zero-order valence-electron chi connectivity index (χ0n) is 9.39. The summed E-state index contributed by atoms with van der Waals surface area (Å²) in [6.07, 6.45) is 4.63. The lowest BCUT2D eigenvalue weighted by Gasteiger charge is -2.44. The molecule has 0 unspecified atom stereocenters. The van der Waals surface area contributed by atoms with Crippen molar-refractivity contribution in [2.24, 2.45) is 4.99 Å². The lowest BCUT2D eigenvalue weighted by atomic mass is 9.97. The summed E-state index contributed by atoms with van der Waals surface area (Å²) in [6, 6.07) is 0.0946. The molecule has 2 rings (SSSR count). The maximum Gasteiger partial charge on any atom is 0.235 e. The third kappa shape index (κ3) is 2.50. The van der Waals surface area contributed by atoms with Crippen LogP contribution >= 0.6 is 0 Å². The number of aliphatic hydroxyl groups is 1. The van der Waals surface area contributed by atoms with E-state index in [-0.39, 0.29) is 6.04 Å². The highest BCUT2D eigenvalue weighted by molar-refractivity contribution is 5.33. The van der Waals surface area contributed by atoms with E-state index >= 15 is 0 Å². The number of nitrogens with zero attached hydrogens (tertiary/aromatic N) is 2. The van der Waals surface area contributed by atoms with Crippen LogP contribution in [0.4, 0.5) is 0 Å². The van der Waals surface area contributed by atoms with Crippen molar-refractivity contribution in [3.8, 4) is 0 Å². The third-order valence-corrected chi connectivity index (χ3v) is 3.58. The second-order valence-corrected chi connectivity index (χ2v) is 4.53. The molecule has 0 saturated carbocycles. The molecule has 0 atom stereocenters. The molecule has 0 spiro atoms. The predicted molar refractivity (Wildman–Crippen MR) is 57.7 cm³/mol. The highest BCUT2D eigenvalue weighted by Gasteiger charge is 2.37. The molecule has 5 nitrogen and oxygen atoms in total. The zero-order valence-corrected chi connectivity index (χ0v) is 9.39. The van der Waals surface area contributed by atoms with Gasteiger partial charge in [0.25, 0.3) is 0 Å². The summed E-state index contributed by atoms with van der Waals surface area (Å²) in [5.74, 6) is 0. The number of ether oxygens (including phenoxy) is 1. The van der Waals surface area contributed by atoms with Crippen molar-refractivity contribution in [3.63, 3.8) is 0 Å². The van der Waals surface area contributed by atoms with Gasteiger partial charge >= 0.3 is 0 Å². The maximum absolute atomic E-state index is 10.5. The molecule has 1 N–H and O–H groups in total. The molecule has 0 aromatic heterocycles. The number of rotatable bonds is 2. The van der Waals surface area contributed by atoms with Crippen LogP contribution in [-0.4, -0.2) is 54.2 Å². The molecule has 16 heavy (non-hydrogen) atoms. The summed E-state index contributed by atoms with van der Waals surface area (Å²) in [5, 5.41) is 10.5. The average molecular weight is 226 g/mol. The Labute approximate surface area is 95.1 Å². The number of carbonyl (C=O) groups excluding carboxylic acids is 1. The Morgan fingerprint density at radius 3 is 2.50 bits per heavy atom. The van der Waals surface area contributed by atoms with Gasteiger partial charge in [-0.25, -0.2) is 9.79 Å². The SMILES string of the molecule is O=C=NC1CCN(C2(O)CCOCC2)CC1. The molecular formula is C11H18N2O3. The molecular weight excluding hydrogens is 208 g/mol. The van der Waals surface area contributed by atoms with Crippen LogP contribution in [0.5, 0.6) is 0 Å². The molecule has 90 valence electrons. The van der Waals surface area contributed by atoms with Crippen LogP contribution in [0.2, 0.25) is 0 Å². The van der Waals surface area contributed by atoms with Crippen molar-refractivity contribution in [1.82, 2.24) is 4.90 Å². The van der Waals surface area contributed by atoms with Gasteiger partial charge in [0.15, 0.2) is 0 Å². The molecule has 2 aliphatic heterocycles. The second-order valence-electron chi connectivity index (χ2n) is 4.53. The van der Waals surface area contributed by atoms with Crippen LogP contribution in [0.1, 0.15) is 25.7 Å². The molecule has 0 aromatic carbocycles. The first kappa shape index (κ1) is 11.7. The number of likely N-dealkylation sites (tertiary alicyclic amines) is 1. The van der Waals surface area contributed by atoms with Crippen LogP contribution in [0.25, 0.3) is 0 Å². The van der Waals surface area contributed by atoms with Gasteiger partial charge in [-0.2, -0.15) is 0 Å². The molecule has 0 bridgehead atoms. The largest absolute Gasteiger partial charge is 0.381 e. The molecule has 0 aliphatic carbocycles. The van der Waals surface area contributed by atoms with E-state index in [4.69, 9.17) is 4.74 Å². The zero-order chi connectivity index (χ0) is 11.4. The summed E-state index contributed by atoms with van der Waals surface area (Å²) < 4.78 is 5.26. The average Bonchev–Trinajstić information content (AvgIpc) is 2.31. The fraction of sp³-hybridized carbons (Fsp3) is 0.909. The molecule has 2 fully saturated rings. The van der Waals surface area contributed by atoms with Gasteiger partial charge in [-0.3, -0.25) is 4.90 Å². The molecule has 5 heteroatoms. The quantitative estimate of drug-likeness (QED) is 0.543. The van der Waals surface area contributed by atoms with E-state index in [2.05, 4.69) is 9.89 Å². The van der Waals surface area contributed by atoms with Gasteiger partial charge in [-0.15, -0.1) is 0 Å². The molecule has 0 radical (unpaired) electrons. The van der Waals surface area contributed by atoms with Gasteiger partial charge in [0.1, 0.15) is 5.72 Å². The smallest absolute Gasteiger partial charge is 0.235 e. The normalized spacial score (nSPS) is 27.3. The van der Waals surface area contributed by atoms with Crippen LogP contribution < -0.4 is 0 Å². The first-order valence-corrected chi connectivity index (χ1v) is 5.87. The van der Waals surface area contributed by atoms with Crippen LogP contribution in [0.15, 0.2) is 4.99 Å². The van der Waals surface area contributed by atoms with Crippen LogP contribution in [0.3, 0.4) is 0 Å². The topological polar surface area (TPSA) is 62.1 Å². The van der Waals surface area contributed by atoms with E-state index in [1.165, 1.54) is 0 Å². The van der Waals surface area contributed by atoms with E-state index in [1.807, 2.05) is 0 Å². The van der Waals surface area contributed by atoms with Crippen LogP contribution in [-0.2, 0) is 9.53 Å². The number of piperidine rings is 1. The van der Waals surface area contributed by atoms with Crippen molar-refractivity contribution < 1.29 is 14.6 Å². The summed E-state index contributed by atoms with van der Waals surface area (Å²) in [5.41, 5.74) is -0.700. The summed E-state index contributed by atoms with van der Waals surface area (Å²) >= 11 is 0. The lowest BCUT2D eigenvalue weighted by molar-refractivity contribution is -0.168. The molecule has 2 heterocycles. The van der Waals surface area contributed by atoms with Crippen molar-refractivity contribution in [3.05, 3.63) is 0 Å². The van der Waals surface area contributed by atoms with Crippen molar-refractivity contribution in [2.45, 2.75) is 37.5 Å². The lowest BCUT2D eigenvalue weighted by Crippen LogP contribution is -2.55. The highest BCUT2D eigenvalue weighted by Crippen LogP contribution is 2.28. The number of hydrogen-bond acceptors (Lipinski definition) is 5. The van der Waals surface area contributed by atoms with Gasteiger partial charge in [0.2, 0.25) is 6.08 Å². The number of isocyanates is 1. The Morgan fingerprint density at radius 1 is 1.31 bits per heavy atom. The van der Waals surface area contributed by atoms with E-state index in [1.54, 1.807) is 6.08 Å². The second kappa shape index (κ2) is 5.06. The molecule has 2 saturated heterocycles. The number of aliphatic imine (C=N–C) groups is 1. The highest BCUT2D eigenvalue weighted by atomic mass is 16.5. The Hall–Kier alpha value is -0.740. The fourth-order valence-corrected chi connectivity index (χ4v) is 2.50. The van der Waals surface area contributed by atoms with Crippen molar-refractivity contribution in [2.75, 3.05) is 26.3 Å². The molecule has 0 aromatic rings. The Kier molecular flexibility index (Phi) is 3.71. The number of hydrogen-bond donors (Lipinski definition) is 1. The first-order chi connectivity index (χ1) is 7.74. The predicted octanol–water partition coefficient (Wildman–Crippen LogP) is 0.286. The van der Waals surface area contributed by atoms with Gasteiger partial charge in [0.05, 0.1) is 19.3 Å². The van der Waals surface area contributed by atoms with Gasteiger partial charge < -0.3 is 9.84 Å². The minimum atomic E-state index is -0.700. The van der Waals surface area contributed by atoms with Crippen molar-refractivity contribution in [1.29, 1.82) is 0 Å². The van der Waals surface area contributed by atoms with E-state index in [0.29, 0.717) is 26.1 Å². The summed E-state index contributed by atoms with van der Waals surface area (Å²) in [6.45, 7) is 2.85. The Morgan fingerprint density at radius 2 is 1.94 bits per heavy atom. The minimum absolute atomic E-state index is 0.0946. The summed E-state index contributed by atoms with van der Waals surface area (Å²) in [4.78, 5) is 16.0. The van der Waals surface area contributed by atoms with Gasteiger partial charge in [-0.05, 0) is 12.8 Å². The fourth-order valence-electron chi connectivity index (χ4n) is 2.50. The van der Waals surface area contributed by atoms with Gasteiger partial charge in [-0.1, -0.05) is 0 Å². The van der Waals surface area contributed by atoms with Gasteiger partial charge in [0, 0.05) is 25.9 Å². The van der Waals surface area contributed by atoms with Crippen LogP contribution in [0, 0.1) is 0 Å². The Bertz CT molecular complexity index is 275. The van der Waals surface area contributed by atoms with E-state index in [9.17, 15) is 9.90 Å². The Balaban J connectivity index is 1.90. The molecule has 2 aliphatic rings. The van der Waals surface area contributed by atoms with E-state index < -0.39 is 5.72 Å². The third-order valence-electron chi connectivity index (χ3n) is 3.58. The standard InChI is InChI=1S/C11H18N2O3/c14-9-12-10-1-5-13(6-2-10)11(15)3-7-16-8-4-11/h10,15H,1-8H2. The first-order valence-electron chi connectivity index (χ1n) is 5.87.